The molecule has 2 aromatic rings. The highest BCUT2D eigenvalue weighted by atomic mass is 32.2. The van der Waals surface area contributed by atoms with Gasteiger partial charge in [-0.05, 0) is 42.3 Å². The minimum Gasteiger partial charge on any atom is -0.454 e. The number of rotatable bonds is 6. The third-order valence-corrected chi connectivity index (χ3v) is 10.5. The highest BCUT2D eigenvalue weighted by molar-refractivity contribution is 7.96. The number of benzene rings is 2. The standard InChI is InChI=1S/C18H19NO8S3/c20-28(21)7-6-16(11-28)29(22,23)14-2-1-3-15(9-14)30(24,25)19-10-13-4-5-17-18(8-13)27-12-26-17/h1-5,8-9,16,19H,6-7,10-12H2. The molecular formula is C18H19NO8S3. The lowest BCUT2D eigenvalue weighted by Gasteiger charge is -2.12. The first kappa shape index (κ1) is 21.1. The van der Waals surface area contributed by atoms with E-state index in [1.165, 1.54) is 18.2 Å². The fraction of sp³-hybridized carbons (Fsp3) is 0.333. The molecule has 1 N–H and O–H groups in total. The average Bonchev–Trinajstić information content (AvgIpc) is 3.32. The number of hydrogen-bond donors (Lipinski definition) is 1. The minimum absolute atomic E-state index is 0.00398. The third-order valence-electron chi connectivity index (χ3n) is 4.98. The van der Waals surface area contributed by atoms with E-state index in [9.17, 15) is 25.3 Å². The molecule has 162 valence electrons. The van der Waals surface area contributed by atoms with Crippen LogP contribution in [0, 0.1) is 0 Å². The van der Waals surface area contributed by atoms with Crippen LogP contribution in [0.2, 0.25) is 0 Å². The Morgan fingerprint density at radius 3 is 2.43 bits per heavy atom. The quantitative estimate of drug-likeness (QED) is 0.653. The molecule has 12 heteroatoms. The van der Waals surface area contributed by atoms with E-state index in [0.29, 0.717) is 17.1 Å². The molecule has 2 aliphatic heterocycles. The Balaban J connectivity index is 1.54. The van der Waals surface area contributed by atoms with Crippen molar-refractivity contribution in [2.45, 2.75) is 28.0 Å². The van der Waals surface area contributed by atoms with Gasteiger partial charge in [-0.15, -0.1) is 0 Å². The lowest BCUT2D eigenvalue weighted by molar-refractivity contribution is 0.174. The molecule has 0 radical (unpaired) electrons. The van der Waals surface area contributed by atoms with Crippen molar-refractivity contribution in [1.29, 1.82) is 0 Å². The van der Waals surface area contributed by atoms with Crippen molar-refractivity contribution in [2.24, 2.45) is 0 Å². The van der Waals surface area contributed by atoms with Crippen molar-refractivity contribution in [3.05, 3.63) is 48.0 Å². The van der Waals surface area contributed by atoms with E-state index in [4.69, 9.17) is 9.47 Å². The van der Waals surface area contributed by atoms with Crippen LogP contribution in [0.25, 0.3) is 0 Å². The monoisotopic (exact) mass is 473 g/mol. The van der Waals surface area contributed by atoms with Crippen molar-refractivity contribution < 1.29 is 34.7 Å². The summed E-state index contributed by atoms with van der Waals surface area (Å²) in [6, 6.07) is 9.97. The van der Waals surface area contributed by atoms with Crippen LogP contribution in [-0.4, -0.2) is 48.8 Å². The van der Waals surface area contributed by atoms with E-state index in [2.05, 4.69) is 4.72 Å². The predicted molar refractivity (Wildman–Crippen MR) is 107 cm³/mol. The number of hydrogen-bond acceptors (Lipinski definition) is 8. The topological polar surface area (TPSA) is 133 Å². The Morgan fingerprint density at radius 2 is 1.70 bits per heavy atom. The molecule has 0 bridgehead atoms. The van der Waals surface area contributed by atoms with Crippen molar-refractivity contribution in [3.63, 3.8) is 0 Å². The summed E-state index contributed by atoms with van der Waals surface area (Å²) in [4.78, 5) is -0.430. The van der Waals surface area contributed by atoms with Gasteiger partial charge in [-0.1, -0.05) is 12.1 Å². The lowest BCUT2D eigenvalue weighted by Crippen LogP contribution is -2.25. The summed E-state index contributed by atoms with van der Waals surface area (Å²) in [5.74, 6) is 0.459. The summed E-state index contributed by atoms with van der Waals surface area (Å²) in [5, 5.41) is -1.07. The van der Waals surface area contributed by atoms with E-state index in [-0.39, 0.29) is 35.3 Å². The number of sulfone groups is 2. The highest BCUT2D eigenvalue weighted by Gasteiger charge is 2.38. The fourth-order valence-electron chi connectivity index (χ4n) is 3.33. The second-order valence-electron chi connectivity index (χ2n) is 7.06. The Bertz CT molecular complexity index is 1300. The normalized spacial score (nSPS) is 20.3. The first-order chi connectivity index (χ1) is 14.1. The molecule has 30 heavy (non-hydrogen) atoms. The van der Waals surface area contributed by atoms with Crippen LogP contribution in [-0.2, 0) is 36.2 Å². The summed E-state index contributed by atoms with van der Waals surface area (Å²) in [5.41, 5.74) is 0.641. The molecule has 1 saturated heterocycles. The molecular weight excluding hydrogens is 454 g/mol. The van der Waals surface area contributed by atoms with Crippen LogP contribution < -0.4 is 14.2 Å². The van der Waals surface area contributed by atoms with Crippen molar-refractivity contribution >= 4 is 29.7 Å². The van der Waals surface area contributed by atoms with Crippen LogP contribution in [0.5, 0.6) is 11.5 Å². The molecule has 4 rings (SSSR count). The Hall–Kier alpha value is -2.15. The lowest BCUT2D eigenvalue weighted by atomic mass is 10.2. The van der Waals surface area contributed by atoms with Crippen LogP contribution in [0.4, 0.5) is 0 Å². The van der Waals surface area contributed by atoms with Gasteiger partial charge in [-0.25, -0.2) is 30.0 Å². The average molecular weight is 474 g/mol. The first-order valence-electron chi connectivity index (χ1n) is 8.99. The zero-order valence-electron chi connectivity index (χ0n) is 15.6. The minimum atomic E-state index is -4.01. The van der Waals surface area contributed by atoms with E-state index >= 15 is 0 Å². The van der Waals surface area contributed by atoms with Crippen LogP contribution in [0.3, 0.4) is 0 Å². The predicted octanol–water partition coefficient (Wildman–Crippen LogP) is 0.855. The van der Waals surface area contributed by atoms with Gasteiger partial charge in [0.1, 0.15) is 0 Å². The second kappa shape index (κ2) is 7.52. The molecule has 2 aliphatic rings. The Labute approximate surface area is 174 Å². The SMILES string of the molecule is O=S1(=O)CCC(S(=O)(=O)c2cccc(S(=O)(=O)NCc3ccc4c(c3)OCO4)c2)C1. The van der Waals surface area contributed by atoms with Gasteiger partial charge in [-0.3, -0.25) is 0 Å². The van der Waals surface area contributed by atoms with Gasteiger partial charge in [-0.2, -0.15) is 0 Å². The van der Waals surface area contributed by atoms with Gasteiger partial charge >= 0.3 is 0 Å². The number of sulfonamides is 1. The smallest absolute Gasteiger partial charge is 0.240 e. The molecule has 1 atom stereocenters. The maximum atomic E-state index is 12.8. The highest BCUT2D eigenvalue weighted by Crippen LogP contribution is 2.32. The van der Waals surface area contributed by atoms with Crippen LogP contribution in [0.15, 0.2) is 52.3 Å². The molecule has 0 spiro atoms. The molecule has 0 aromatic heterocycles. The molecule has 1 fully saturated rings. The maximum Gasteiger partial charge on any atom is 0.240 e. The summed E-state index contributed by atoms with van der Waals surface area (Å²) in [6.07, 6.45) is 0.00398. The van der Waals surface area contributed by atoms with E-state index < -0.39 is 40.7 Å². The van der Waals surface area contributed by atoms with E-state index in [1.54, 1.807) is 18.2 Å². The molecule has 0 aliphatic carbocycles. The Kier molecular flexibility index (Phi) is 5.29. The van der Waals surface area contributed by atoms with Gasteiger partial charge < -0.3 is 9.47 Å². The van der Waals surface area contributed by atoms with E-state index in [1.807, 2.05) is 0 Å². The number of nitrogens with one attached hydrogen (secondary N) is 1. The van der Waals surface area contributed by atoms with Gasteiger partial charge in [0.2, 0.25) is 16.8 Å². The maximum absolute atomic E-state index is 12.8. The molecule has 1 unspecified atom stereocenters. The first-order valence-corrected chi connectivity index (χ1v) is 13.8. The third kappa shape index (κ3) is 4.17. The molecule has 0 amide bonds. The Morgan fingerprint density at radius 1 is 0.967 bits per heavy atom. The van der Waals surface area contributed by atoms with Gasteiger partial charge in [0.15, 0.2) is 31.2 Å². The fourth-order valence-corrected chi connectivity index (χ4v) is 8.87. The van der Waals surface area contributed by atoms with Crippen molar-refractivity contribution in [2.75, 3.05) is 18.3 Å². The van der Waals surface area contributed by atoms with Gasteiger partial charge in [0.25, 0.3) is 0 Å². The summed E-state index contributed by atoms with van der Waals surface area (Å²) in [6.45, 7) is 0.0743. The molecule has 2 aromatic carbocycles. The molecule has 0 saturated carbocycles. The second-order valence-corrected chi connectivity index (χ2v) is 13.3. The summed E-state index contributed by atoms with van der Waals surface area (Å²) in [7, 11) is -11.4. The zero-order valence-corrected chi connectivity index (χ0v) is 18.1. The number of fused-ring (bicyclic) bond motifs is 1. The molecule has 2 heterocycles. The summed E-state index contributed by atoms with van der Waals surface area (Å²) >= 11 is 0. The number of ether oxygens (including phenoxy) is 2. The molecule has 9 nitrogen and oxygen atoms in total. The largest absolute Gasteiger partial charge is 0.454 e. The van der Waals surface area contributed by atoms with Crippen molar-refractivity contribution in [1.82, 2.24) is 4.72 Å². The van der Waals surface area contributed by atoms with Crippen molar-refractivity contribution in [3.8, 4) is 11.5 Å². The zero-order chi connectivity index (χ0) is 21.6. The van der Waals surface area contributed by atoms with Crippen LogP contribution >= 0.6 is 0 Å². The summed E-state index contributed by atoms with van der Waals surface area (Å²) < 4.78 is 87.1. The van der Waals surface area contributed by atoms with Gasteiger partial charge in [0, 0.05) is 6.54 Å². The van der Waals surface area contributed by atoms with Gasteiger partial charge in [0.05, 0.1) is 26.5 Å². The van der Waals surface area contributed by atoms with Crippen LogP contribution in [0.1, 0.15) is 12.0 Å². The van der Waals surface area contributed by atoms with E-state index in [0.717, 1.165) is 6.07 Å².